The minimum Gasteiger partial charge on any atom is -0.233 e. The molecular weight excluding hydrogens is 156 g/mol. The summed E-state index contributed by atoms with van der Waals surface area (Å²) >= 11 is 0. The molecule has 0 aromatic rings. The van der Waals surface area contributed by atoms with Crippen LogP contribution in [-0.4, -0.2) is 20.5 Å². The Hall–Kier alpha value is -0.195. The molecule has 0 aromatic carbocycles. The minimum absolute atomic E-state index is 0.118. The SMILES string of the molecule is C[B]S(=O)(=O)C(F)(F)F. The fourth-order valence-corrected chi connectivity index (χ4v) is 0.401. The van der Waals surface area contributed by atoms with Gasteiger partial charge in [0.2, 0.25) is 0 Å². The van der Waals surface area contributed by atoms with Gasteiger partial charge < -0.3 is 0 Å². The summed E-state index contributed by atoms with van der Waals surface area (Å²) in [6, 6.07) is 0. The van der Waals surface area contributed by atoms with Crippen LogP contribution in [0.2, 0.25) is 6.82 Å². The van der Waals surface area contributed by atoms with Crippen molar-refractivity contribution in [2.75, 3.05) is 0 Å². The van der Waals surface area contributed by atoms with Crippen LogP contribution in [0.15, 0.2) is 0 Å². The monoisotopic (exact) mass is 159 g/mol. The van der Waals surface area contributed by atoms with Gasteiger partial charge in [0.25, 0.3) is 6.56 Å². The number of hydrogen-bond donors (Lipinski definition) is 0. The van der Waals surface area contributed by atoms with E-state index in [1.807, 2.05) is 0 Å². The second kappa shape index (κ2) is 2.20. The zero-order valence-corrected chi connectivity index (χ0v) is 5.25. The average molecular weight is 159 g/mol. The summed E-state index contributed by atoms with van der Waals surface area (Å²) in [5.41, 5.74) is -5.14. The molecule has 0 bridgehead atoms. The lowest BCUT2D eigenvalue weighted by Crippen LogP contribution is -2.26. The van der Waals surface area contributed by atoms with Crippen LogP contribution in [0.5, 0.6) is 0 Å². The highest BCUT2D eigenvalue weighted by atomic mass is 32.2. The maximum atomic E-state index is 11.2. The lowest BCUT2D eigenvalue weighted by atomic mass is 10.2. The quantitative estimate of drug-likeness (QED) is 0.524. The van der Waals surface area contributed by atoms with E-state index in [-0.39, 0.29) is 6.56 Å². The Labute approximate surface area is 51.1 Å². The van der Waals surface area contributed by atoms with Gasteiger partial charge in [0.1, 0.15) is 0 Å². The van der Waals surface area contributed by atoms with Gasteiger partial charge in [-0.3, -0.25) is 0 Å². The standard InChI is InChI=1S/C2H3BF3O2S/c1-3-9(7,8)2(4,5)6/h1H3. The minimum atomic E-state index is -5.14. The van der Waals surface area contributed by atoms with Crippen LogP contribution in [-0.2, 0) is 9.69 Å². The number of halogens is 3. The van der Waals surface area contributed by atoms with Crippen molar-refractivity contribution < 1.29 is 21.6 Å². The van der Waals surface area contributed by atoms with Gasteiger partial charge in [-0.1, -0.05) is 6.82 Å². The Balaban J connectivity index is 4.57. The van der Waals surface area contributed by atoms with Crippen molar-refractivity contribution in [3.63, 3.8) is 0 Å². The van der Waals surface area contributed by atoms with Gasteiger partial charge >= 0.3 is 5.51 Å². The molecule has 0 amide bonds. The molecule has 0 aromatic heterocycles. The third-order valence-corrected chi connectivity index (χ3v) is 1.90. The lowest BCUT2D eigenvalue weighted by molar-refractivity contribution is -0.0413. The molecular formula is C2H3BF3O2S. The third-order valence-electron chi connectivity index (χ3n) is 0.633. The highest BCUT2D eigenvalue weighted by molar-refractivity contribution is 8.15. The van der Waals surface area contributed by atoms with Crippen LogP contribution in [0.25, 0.3) is 0 Å². The van der Waals surface area contributed by atoms with Gasteiger partial charge in [-0.15, -0.1) is 0 Å². The van der Waals surface area contributed by atoms with Crippen molar-refractivity contribution in [3.05, 3.63) is 0 Å². The summed E-state index contributed by atoms with van der Waals surface area (Å²) in [6.07, 6.45) is 0. The Kier molecular flexibility index (Phi) is 2.16. The van der Waals surface area contributed by atoms with Crippen molar-refractivity contribution in [2.45, 2.75) is 12.3 Å². The van der Waals surface area contributed by atoms with Gasteiger partial charge in [-0.25, -0.2) is 8.42 Å². The summed E-state index contributed by atoms with van der Waals surface area (Å²) in [4.78, 5) is 0. The molecule has 0 atom stereocenters. The van der Waals surface area contributed by atoms with E-state index in [0.29, 0.717) is 0 Å². The normalized spacial score (nSPS) is 13.3. The molecule has 2 nitrogen and oxygen atoms in total. The first kappa shape index (κ1) is 8.80. The molecule has 0 N–H and O–H groups in total. The van der Waals surface area contributed by atoms with Crippen molar-refractivity contribution in [1.82, 2.24) is 0 Å². The fraction of sp³-hybridized carbons (Fsp3) is 1.00. The largest absolute Gasteiger partial charge is 0.486 e. The summed E-state index contributed by atoms with van der Waals surface area (Å²) in [7, 11) is -4.96. The van der Waals surface area contributed by atoms with Crippen LogP contribution in [0, 0.1) is 0 Å². The Bertz CT molecular complexity index is 180. The van der Waals surface area contributed by atoms with Gasteiger partial charge in [0.05, 0.1) is 0 Å². The van der Waals surface area contributed by atoms with E-state index in [0.717, 1.165) is 6.82 Å². The maximum absolute atomic E-state index is 11.2. The molecule has 1 radical (unpaired) electrons. The molecule has 53 valence electrons. The first-order valence-corrected chi connectivity index (χ1v) is 3.46. The predicted octanol–water partition coefficient (Wildman–Crippen LogP) is 0.588. The molecule has 9 heavy (non-hydrogen) atoms. The van der Waals surface area contributed by atoms with E-state index in [9.17, 15) is 21.6 Å². The van der Waals surface area contributed by atoms with Gasteiger partial charge in [-0.05, 0) is 0 Å². The topological polar surface area (TPSA) is 34.1 Å². The van der Waals surface area contributed by atoms with Gasteiger partial charge in [-0.2, -0.15) is 13.2 Å². The number of hydrogen-bond acceptors (Lipinski definition) is 2. The Morgan fingerprint density at radius 3 is 1.67 bits per heavy atom. The molecule has 0 saturated carbocycles. The summed E-state index contributed by atoms with van der Waals surface area (Å²) in [5, 5.41) is 0. The van der Waals surface area contributed by atoms with Gasteiger partial charge in [0.15, 0.2) is 9.69 Å². The second-order valence-electron chi connectivity index (χ2n) is 1.23. The molecule has 0 saturated heterocycles. The summed E-state index contributed by atoms with van der Waals surface area (Å²) in [5.74, 6) is 0. The predicted molar refractivity (Wildman–Crippen MR) is 26.6 cm³/mol. The van der Waals surface area contributed by atoms with Crippen molar-refractivity contribution in [3.8, 4) is 0 Å². The molecule has 0 aliphatic rings. The lowest BCUT2D eigenvalue weighted by Gasteiger charge is -2.02. The third kappa shape index (κ3) is 1.89. The average Bonchev–Trinajstić information content (AvgIpc) is 1.64. The molecule has 7 heteroatoms. The van der Waals surface area contributed by atoms with E-state index in [1.165, 1.54) is 0 Å². The zero-order valence-electron chi connectivity index (χ0n) is 4.44. The van der Waals surface area contributed by atoms with Crippen molar-refractivity contribution in [1.29, 1.82) is 0 Å². The molecule has 0 aliphatic carbocycles. The van der Waals surface area contributed by atoms with Crippen LogP contribution in [0.4, 0.5) is 13.2 Å². The highest BCUT2D eigenvalue weighted by Crippen LogP contribution is 2.22. The molecule has 0 rings (SSSR count). The van der Waals surface area contributed by atoms with Crippen molar-refractivity contribution >= 4 is 16.2 Å². The second-order valence-corrected chi connectivity index (χ2v) is 3.25. The van der Waals surface area contributed by atoms with E-state index < -0.39 is 15.2 Å². The summed E-state index contributed by atoms with van der Waals surface area (Å²) < 4.78 is 53.3. The molecule has 0 heterocycles. The Morgan fingerprint density at radius 2 is 1.67 bits per heavy atom. The molecule has 0 spiro atoms. The molecule has 0 fully saturated rings. The first-order chi connectivity index (χ1) is 3.81. The van der Waals surface area contributed by atoms with E-state index in [4.69, 9.17) is 0 Å². The maximum Gasteiger partial charge on any atom is 0.486 e. The van der Waals surface area contributed by atoms with E-state index in [1.54, 1.807) is 0 Å². The van der Waals surface area contributed by atoms with E-state index in [2.05, 4.69) is 0 Å². The molecule has 0 unspecified atom stereocenters. The summed E-state index contributed by atoms with van der Waals surface area (Å²) in [6.45, 7) is 0.940. The smallest absolute Gasteiger partial charge is 0.233 e. The highest BCUT2D eigenvalue weighted by Gasteiger charge is 2.43. The van der Waals surface area contributed by atoms with Crippen LogP contribution in [0.3, 0.4) is 0 Å². The molecule has 0 aliphatic heterocycles. The van der Waals surface area contributed by atoms with Crippen molar-refractivity contribution in [2.24, 2.45) is 0 Å². The first-order valence-electron chi connectivity index (χ1n) is 1.92. The fourth-order valence-electron chi connectivity index (χ4n) is 0.134. The van der Waals surface area contributed by atoms with Crippen LogP contribution in [0.1, 0.15) is 0 Å². The van der Waals surface area contributed by atoms with Gasteiger partial charge in [0, 0.05) is 0 Å². The number of rotatable bonds is 1. The zero-order chi connectivity index (χ0) is 7.71. The Morgan fingerprint density at radius 1 is 1.33 bits per heavy atom. The number of alkyl halides is 3. The van der Waals surface area contributed by atoms with Crippen LogP contribution < -0.4 is 0 Å². The van der Waals surface area contributed by atoms with E-state index >= 15 is 0 Å². The van der Waals surface area contributed by atoms with Crippen LogP contribution >= 0.6 is 0 Å².